The molecule has 0 heterocycles. The van der Waals surface area contributed by atoms with Crippen LogP contribution in [-0.4, -0.2) is 13.0 Å². The van der Waals surface area contributed by atoms with E-state index in [4.69, 9.17) is 4.74 Å². The van der Waals surface area contributed by atoms with Crippen molar-refractivity contribution >= 4 is 5.91 Å². The van der Waals surface area contributed by atoms with Gasteiger partial charge in [-0.2, -0.15) is 0 Å². The number of carbonyl (C=O) groups excluding carboxylic acids is 1. The molecule has 0 aliphatic rings. The third-order valence-electron chi connectivity index (χ3n) is 3.27. The monoisotopic (exact) mass is 263 g/mol. The summed E-state index contributed by atoms with van der Waals surface area (Å²) in [5, 5.41) is 3.10. The highest BCUT2D eigenvalue weighted by Crippen LogP contribution is 2.20. The van der Waals surface area contributed by atoms with Crippen molar-refractivity contribution in [1.29, 1.82) is 0 Å². The van der Waals surface area contributed by atoms with Crippen molar-refractivity contribution in [1.82, 2.24) is 5.32 Å². The van der Waals surface area contributed by atoms with Crippen LogP contribution in [0.1, 0.15) is 57.6 Å². The van der Waals surface area contributed by atoms with Crippen LogP contribution in [0.25, 0.3) is 0 Å². The molecule has 1 rings (SSSR count). The maximum absolute atomic E-state index is 11.8. The molecule has 0 aliphatic heterocycles. The van der Waals surface area contributed by atoms with Gasteiger partial charge in [0.05, 0.1) is 13.2 Å². The summed E-state index contributed by atoms with van der Waals surface area (Å²) in [4.78, 5) is 11.8. The van der Waals surface area contributed by atoms with Gasteiger partial charge in [0.1, 0.15) is 5.75 Å². The van der Waals surface area contributed by atoms with Gasteiger partial charge in [-0.05, 0) is 30.5 Å². The van der Waals surface area contributed by atoms with Gasteiger partial charge in [0.25, 0.3) is 0 Å². The molecule has 1 amide bonds. The second-order valence-electron chi connectivity index (χ2n) is 4.76. The molecule has 1 aromatic carbocycles. The quantitative estimate of drug-likeness (QED) is 0.724. The van der Waals surface area contributed by atoms with Crippen LogP contribution in [-0.2, 0) is 4.79 Å². The van der Waals surface area contributed by atoms with Crippen molar-refractivity contribution in [2.45, 2.75) is 52.0 Å². The van der Waals surface area contributed by atoms with E-state index in [2.05, 4.69) is 19.2 Å². The number of unbranched alkanes of at least 4 members (excludes halogenated alkanes) is 2. The van der Waals surface area contributed by atoms with E-state index in [1.54, 1.807) is 7.11 Å². The highest BCUT2D eigenvalue weighted by Gasteiger charge is 2.12. The summed E-state index contributed by atoms with van der Waals surface area (Å²) >= 11 is 0. The molecule has 3 heteroatoms. The Morgan fingerprint density at radius 2 is 1.89 bits per heavy atom. The first-order valence-electron chi connectivity index (χ1n) is 7.14. The van der Waals surface area contributed by atoms with Gasteiger partial charge in [-0.3, -0.25) is 4.79 Å². The number of ether oxygens (including phenoxy) is 1. The summed E-state index contributed by atoms with van der Waals surface area (Å²) in [5.74, 6) is 0.990. The fourth-order valence-electron chi connectivity index (χ4n) is 2.06. The molecule has 0 bridgehead atoms. The summed E-state index contributed by atoms with van der Waals surface area (Å²) in [6.45, 7) is 4.23. The number of hydrogen-bond donors (Lipinski definition) is 1. The number of amides is 1. The van der Waals surface area contributed by atoms with Gasteiger partial charge in [-0.1, -0.05) is 38.8 Å². The third-order valence-corrected chi connectivity index (χ3v) is 3.27. The number of rotatable bonds is 8. The first kappa shape index (κ1) is 15.5. The SMILES string of the molecule is CCCCCC(=O)NC(CC)c1ccc(OC)cc1. The second-order valence-corrected chi connectivity index (χ2v) is 4.76. The lowest BCUT2D eigenvalue weighted by atomic mass is 10.0. The van der Waals surface area contributed by atoms with Crippen LogP contribution in [0.2, 0.25) is 0 Å². The van der Waals surface area contributed by atoms with Gasteiger partial charge in [0.15, 0.2) is 0 Å². The molecule has 0 saturated heterocycles. The standard InChI is InChI=1S/C16H25NO2/c1-4-6-7-8-16(18)17-15(5-2)13-9-11-14(19-3)12-10-13/h9-12,15H,4-8H2,1-3H3,(H,17,18). The van der Waals surface area contributed by atoms with Crippen LogP contribution in [0.5, 0.6) is 5.75 Å². The number of carbonyl (C=O) groups is 1. The Labute approximate surface area is 116 Å². The average molecular weight is 263 g/mol. The maximum Gasteiger partial charge on any atom is 0.220 e. The van der Waals surface area contributed by atoms with Crippen molar-refractivity contribution in [2.75, 3.05) is 7.11 Å². The zero-order valence-electron chi connectivity index (χ0n) is 12.2. The van der Waals surface area contributed by atoms with Crippen LogP contribution >= 0.6 is 0 Å². The molecule has 0 spiro atoms. The van der Waals surface area contributed by atoms with Gasteiger partial charge in [-0.25, -0.2) is 0 Å². The van der Waals surface area contributed by atoms with Gasteiger partial charge in [-0.15, -0.1) is 0 Å². The maximum atomic E-state index is 11.8. The van der Waals surface area contributed by atoms with Gasteiger partial charge < -0.3 is 10.1 Å². The van der Waals surface area contributed by atoms with Crippen LogP contribution in [0.15, 0.2) is 24.3 Å². The minimum atomic E-state index is 0.0973. The fourth-order valence-corrected chi connectivity index (χ4v) is 2.06. The van der Waals surface area contributed by atoms with E-state index in [9.17, 15) is 4.79 Å². The van der Waals surface area contributed by atoms with Crippen molar-refractivity contribution in [3.05, 3.63) is 29.8 Å². The second kappa shape index (κ2) is 8.57. The molecule has 0 saturated carbocycles. The first-order valence-corrected chi connectivity index (χ1v) is 7.14. The van der Waals surface area contributed by atoms with E-state index in [0.717, 1.165) is 37.0 Å². The molecule has 106 valence electrons. The predicted molar refractivity (Wildman–Crippen MR) is 78.3 cm³/mol. The zero-order valence-corrected chi connectivity index (χ0v) is 12.2. The number of hydrogen-bond acceptors (Lipinski definition) is 2. The first-order chi connectivity index (χ1) is 9.21. The molecule has 0 fully saturated rings. The van der Waals surface area contributed by atoms with Crippen LogP contribution in [0.3, 0.4) is 0 Å². The van der Waals surface area contributed by atoms with Gasteiger partial charge in [0, 0.05) is 6.42 Å². The van der Waals surface area contributed by atoms with Gasteiger partial charge in [0.2, 0.25) is 5.91 Å². The van der Waals surface area contributed by atoms with E-state index >= 15 is 0 Å². The number of benzene rings is 1. The van der Waals surface area contributed by atoms with Crippen LogP contribution < -0.4 is 10.1 Å². The Kier molecular flexibility index (Phi) is 7.01. The molecule has 0 aliphatic carbocycles. The Hall–Kier alpha value is -1.51. The Bertz CT molecular complexity index is 373. The van der Waals surface area contributed by atoms with Crippen molar-refractivity contribution in [3.8, 4) is 5.75 Å². The molecule has 0 radical (unpaired) electrons. The third kappa shape index (κ3) is 5.33. The normalized spacial score (nSPS) is 11.9. The number of methoxy groups -OCH3 is 1. The lowest BCUT2D eigenvalue weighted by Gasteiger charge is -2.17. The summed E-state index contributed by atoms with van der Waals surface area (Å²) in [6, 6.07) is 7.99. The molecule has 1 atom stereocenters. The molecule has 1 aromatic rings. The molecular formula is C16H25NO2. The van der Waals surface area contributed by atoms with E-state index in [0.29, 0.717) is 6.42 Å². The van der Waals surface area contributed by atoms with E-state index in [1.807, 2.05) is 24.3 Å². The summed E-state index contributed by atoms with van der Waals surface area (Å²) in [5.41, 5.74) is 1.13. The summed E-state index contributed by atoms with van der Waals surface area (Å²) < 4.78 is 5.14. The molecule has 1 N–H and O–H groups in total. The number of nitrogens with one attached hydrogen (secondary N) is 1. The minimum Gasteiger partial charge on any atom is -0.497 e. The molecule has 1 unspecified atom stereocenters. The van der Waals surface area contributed by atoms with E-state index in [-0.39, 0.29) is 11.9 Å². The molecule has 3 nitrogen and oxygen atoms in total. The highest BCUT2D eigenvalue weighted by atomic mass is 16.5. The summed E-state index contributed by atoms with van der Waals surface area (Å²) in [7, 11) is 1.65. The fraction of sp³-hybridized carbons (Fsp3) is 0.562. The minimum absolute atomic E-state index is 0.0973. The summed E-state index contributed by atoms with van der Waals surface area (Å²) in [6.07, 6.45) is 4.75. The van der Waals surface area contributed by atoms with Crippen molar-refractivity contribution < 1.29 is 9.53 Å². The van der Waals surface area contributed by atoms with Gasteiger partial charge >= 0.3 is 0 Å². The predicted octanol–water partition coefficient (Wildman–Crippen LogP) is 3.84. The van der Waals surface area contributed by atoms with E-state index < -0.39 is 0 Å². The zero-order chi connectivity index (χ0) is 14.1. The van der Waals surface area contributed by atoms with E-state index in [1.165, 1.54) is 0 Å². The molecular weight excluding hydrogens is 238 g/mol. The lowest BCUT2D eigenvalue weighted by Crippen LogP contribution is -2.27. The largest absolute Gasteiger partial charge is 0.497 e. The Morgan fingerprint density at radius 1 is 1.21 bits per heavy atom. The molecule has 0 aromatic heterocycles. The van der Waals surface area contributed by atoms with Crippen molar-refractivity contribution in [2.24, 2.45) is 0 Å². The van der Waals surface area contributed by atoms with Crippen LogP contribution in [0, 0.1) is 0 Å². The Morgan fingerprint density at radius 3 is 2.42 bits per heavy atom. The van der Waals surface area contributed by atoms with Crippen LogP contribution in [0.4, 0.5) is 0 Å². The Balaban J connectivity index is 2.54. The average Bonchev–Trinajstić information content (AvgIpc) is 2.45. The smallest absolute Gasteiger partial charge is 0.220 e. The topological polar surface area (TPSA) is 38.3 Å². The lowest BCUT2D eigenvalue weighted by molar-refractivity contribution is -0.122. The van der Waals surface area contributed by atoms with Crippen molar-refractivity contribution in [3.63, 3.8) is 0 Å². The highest BCUT2D eigenvalue weighted by molar-refractivity contribution is 5.76. The molecule has 19 heavy (non-hydrogen) atoms.